The minimum atomic E-state index is -0.171. The second kappa shape index (κ2) is 14.0. The molecule has 2 aliphatic carbocycles. The Labute approximate surface area is 230 Å². The number of hydrogen-bond donors (Lipinski definition) is 0. The summed E-state index contributed by atoms with van der Waals surface area (Å²) in [5.74, 6) is 5.72. The number of hydrogen-bond acceptors (Lipinski definition) is 0. The van der Waals surface area contributed by atoms with Gasteiger partial charge in [0.25, 0.3) is 0 Å². The monoisotopic (exact) mass is 660 g/mol. The molecule has 1 aromatic carbocycles. The van der Waals surface area contributed by atoms with Gasteiger partial charge in [0.2, 0.25) is 5.69 Å². The normalized spacial score (nSPS) is 29.3. The fourth-order valence-electron chi connectivity index (χ4n) is 6.08. The molecule has 0 aliphatic heterocycles. The average molecular weight is 659 g/mol. The van der Waals surface area contributed by atoms with Crippen LogP contribution in [0.1, 0.15) is 83.4 Å². The van der Waals surface area contributed by atoms with E-state index in [0.29, 0.717) is 5.92 Å². The van der Waals surface area contributed by atoms with E-state index < -0.39 is 0 Å². The van der Waals surface area contributed by atoms with E-state index in [0.717, 1.165) is 52.3 Å². The zero-order valence-electron chi connectivity index (χ0n) is 24.2. The standard InChI is InChI=1S/C22H29FN.C8H16.2CH3.Os/c1-13-10-20(17(5)16(13)4)21-12-24(6)22(11-15(21)3)19-8-7-18(23)9-14(19)2;1-6-4-5-7(2)8(6)3;;;/h7-9,11-13,16-17,20H,10H2,1-6H3;6-8H,4-5H2,1-3H3;2*1H3;/q+1;;2*-1;+2. The molecule has 0 N–H and O–H groups in total. The van der Waals surface area contributed by atoms with Gasteiger partial charge in [-0.25, -0.2) is 8.96 Å². The maximum Gasteiger partial charge on any atom is 2.00 e. The molecule has 2 fully saturated rings. The summed E-state index contributed by atoms with van der Waals surface area (Å²) in [5, 5.41) is 0. The van der Waals surface area contributed by atoms with Crippen molar-refractivity contribution in [2.24, 2.45) is 42.6 Å². The van der Waals surface area contributed by atoms with Crippen LogP contribution in [0.15, 0.2) is 30.5 Å². The third-order valence-corrected chi connectivity index (χ3v) is 9.24. The summed E-state index contributed by atoms with van der Waals surface area (Å²) in [7, 11) is 2.10. The van der Waals surface area contributed by atoms with Gasteiger partial charge < -0.3 is 14.9 Å². The van der Waals surface area contributed by atoms with E-state index in [2.05, 4.69) is 72.3 Å². The van der Waals surface area contributed by atoms with Gasteiger partial charge in [-0.2, -0.15) is 0 Å². The number of aryl methyl sites for hydroxylation is 3. The molecule has 1 aromatic heterocycles. The van der Waals surface area contributed by atoms with Crippen molar-refractivity contribution in [3.63, 3.8) is 0 Å². The Bertz CT molecular complexity index is 929. The first-order valence-corrected chi connectivity index (χ1v) is 12.8. The van der Waals surface area contributed by atoms with E-state index in [9.17, 15) is 4.39 Å². The van der Waals surface area contributed by atoms with Gasteiger partial charge in [-0.1, -0.05) is 54.4 Å². The second-order valence-electron chi connectivity index (χ2n) is 11.3. The first-order valence-electron chi connectivity index (χ1n) is 12.8. The molecule has 2 aliphatic rings. The molecule has 35 heavy (non-hydrogen) atoms. The zero-order chi connectivity index (χ0) is 23.7. The molecule has 198 valence electrons. The molecule has 0 saturated heterocycles. The van der Waals surface area contributed by atoms with Gasteiger partial charge >= 0.3 is 19.8 Å². The molecule has 6 unspecified atom stereocenters. The van der Waals surface area contributed by atoms with Crippen LogP contribution in [-0.2, 0) is 26.8 Å². The quantitative estimate of drug-likeness (QED) is 0.224. The van der Waals surface area contributed by atoms with Gasteiger partial charge in [-0.05, 0) is 91.0 Å². The van der Waals surface area contributed by atoms with E-state index in [1.165, 1.54) is 30.4 Å². The molecule has 2 saturated carbocycles. The Kier molecular flexibility index (Phi) is 13.6. The van der Waals surface area contributed by atoms with Gasteiger partial charge in [0, 0.05) is 17.2 Å². The summed E-state index contributed by atoms with van der Waals surface area (Å²) in [6.45, 7) is 18.5. The molecule has 0 spiro atoms. The Hall–Kier alpha value is -1.06. The summed E-state index contributed by atoms with van der Waals surface area (Å²) in [5.41, 5.74) is 6.07. The topological polar surface area (TPSA) is 3.88 Å². The Morgan fingerprint density at radius 2 is 1.34 bits per heavy atom. The predicted octanol–water partition coefficient (Wildman–Crippen LogP) is 8.92. The van der Waals surface area contributed by atoms with Crippen molar-refractivity contribution >= 4 is 0 Å². The SMILES string of the molecule is CC1CCC(C)C1C.Cc1cc(F)ccc1-c1cc(C)c(C2CC(C)C(C)C2C)c[n+]1C.[CH3-].[CH3-].[Os+2]. The maximum absolute atomic E-state index is 13.4. The molecular formula is C32H51FNOs+. The van der Waals surface area contributed by atoms with Crippen molar-refractivity contribution in [1.29, 1.82) is 0 Å². The van der Waals surface area contributed by atoms with E-state index in [1.807, 2.05) is 13.0 Å². The first-order chi connectivity index (χ1) is 15.0. The summed E-state index contributed by atoms with van der Waals surface area (Å²) < 4.78 is 15.6. The van der Waals surface area contributed by atoms with Gasteiger partial charge in [-0.15, -0.1) is 0 Å². The van der Waals surface area contributed by atoms with Crippen molar-refractivity contribution in [3.8, 4) is 11.3 Å². The Morgan fingerprint density at radius 1 is 0.771 bits per heavy atom. The number of benzene rings is 1. The molecule has 4 rings (SSSR count). The Balaban J connectivity index is 0.000000904. The van der Waals surface area contributed by atoms with Crippen molar-refractivity contribution in [3.05, 3.63) is 67.8 Å². The number of nitrogens with zero attached hydrogens (tertiary/aromatic N) is 1. The molecule has 1 nitrogen and oxygen atoms in total. The first kappa shape index (κ1) is 33.9. The minimum absolute atomic E-state index is 0. The fraction of sp³-hybridized carbons (Fsp3) is 0.594. The van der Waals surface area contributed by atoms with Crippen LogP contribution in [0.3, 0.4) is 0 Å². The van der Waals surface area contributed by atoms with Gasteiger partial charge in [0.1, 0.15) is 12.9 Å². The van der Waals surface area contributed by atoms with Crippen LogP contribution in [0, 0.1) is 70.0 Å². The third kappa shape index (κ3) is 7.48. The maximum atomic E-state index is 13.4. The third-order valence-electron chi connectivity index (χ3n) is 9.24. The van der Waals surface area contributed by atoms with Crippen molar-refractivity contribution in [1.82, 2.24) is 0 Å². The molecule has 0 amide bonds. The van der Waals surface area contributed by atoms with Crippen LogP contribution in [-0.4, -0.2) is 0 Å². The molecule has 2 aromatic rings. The van der Waals surface area contributed by atoms with Crippen LogP contribution < -0.4 is 4.57 Å². The number of rotatable bonds is 2. The molecule has 0 bridgehead atoms. The number of halogens is 1. The zero-order valence-corrected chi connectivity index (χ0v) is 26.8. The number of aromatic nitrogens is 1. The summed E-state index contributed by atoms with van der Waals surface area (Å²) in [4.78, 5) is 0. The average Bonchev–Trinajstić information content (AvgIpc) is 3.17. The van der Waals surface area contributed by atoms with Gasteiger partial charge in [-0.3, -0.25) is 0 Å². The summed E-state index contributed by atoms with van der Waals surface area (Å²) in [6, 6.07) is 7.33. The molecule has 0 radical (unpaired) electrons. The van der Waals surface area contributed by atoms with E-state index in [-0.39, 0.29) is 40.5 Å². The van der Waals surface area contributed by atoms with Gasteiger partial charge in [0.05, 0.1) is 0 Å². The second-order valence-corrected chi connectivity index (χ2v) is 11.3. The van der Waals surface area contributed by atoms with Crippen LogP contribution in [0.25, 0.3) is 11.3 Å². The van der Waals surface area contributed by atoms with E-state index in [1.54, 1.807) is 12.1 Å². The van der Waals surface area contributed by atoms with Gasteiger partial charge in [0.15, 0.2) is 6.20 Å². The largest absolute Gasteiger partial charge is 2.00 e. The summed E-state index contributed by atoms with van der Waals surface area (Å²) >= 11 is 0. The van der Waals surface area contributed by atoms with Crippen LogP contribution in [0.5, 0.6) is 0 Å². The summed E-state index contributed by atoms with van der Waals surface area (Å²) in [6.07, 6.45) is 6.50. The van der Waals surface area contributed by atoms with E-state index >= 15 is 0 Å². The van der Waals surface area contributed by atoms with Crippen molar-refractivity contribution < 1.29 is 28.7 Å². The fourth-order valence-corrected chi connectivity index (χ4v) is 6.08. The molecule has 6 atom stereocenters. The molecule has 3 heteroatoms. The minimum Gasteiger partial charge on any atom is -0.358 e. The number of pyridine rings is 1. The predicted molar refractivity (Wildman–Crippen MR) is 147 cm³/mol. The van der Waals surface area contributed by atoms with Crippen LogP contribution in [0.2, 0.25) is 0 Å². The van der Waals surface area contributed by atoms with Crippen LogP contribution in [0.4, 0.5) is 4.39 Å². The molecular weight excluding hydrogens is 608 g/mol. The van der Waals surface area contributed by atoms with Crippen molar-refractivity contribution in [2.45, 2.75) is 80.6 Å². The smallest absolute Gasteiger partial charge is 0.358 e. The van der Waals surface area contributed by atoms with Crippen molar-refractivity contribution in [2.75, 3.05) is 0 Å². The van der Waals surface area contributed by atoms with E-state index in [4.69, 9.17) is 0 Å². The van der Waals surface area contributed by atoms with Crippen LogP contribution >= 0.6 is 0 Å². The Morgan fingerprint density at radius 3 is 1.77 bits per heavy atom. The molecule has 1 heterocycles.